The van der Waals surface area contributed by atoms with Gasteiger partial charge in [-0.3, -0.25) is 4.79 Å². The van der Waals surface area contributed by atoms with Gasteiger partial charge in [0.2, 0.25) is 5.91 Å². The monoisotopic (exact) mass is 185 g/mol. The Morgan fingerprint density at radius 3 is 2.93 bits per heavy atom. The molecule has 0 fully saturated rings. The minimum atomic E-state index is -0.356. The van der Waals surface area contributed by atoms with Crippen molar-refractivity contribution in [2.45, 2.75) is 6.42 Å². The number of hydrogen-bond acceptors (Lipinski definition) is 1. The molecule has 0 saturated carbocycles. The van der Waals surface area contributed by atoms with Crippen LogP contribution in [-0.4, -0.2) is 5.91 Å². The van der Waals surface area contributed by atoms with Gasteiger partial charge in [-0.25, -0.2) is 0 Å². The fourth-order valence-electron chi connectivity index (χ4n) is 1.64. The van der Waals surface area contributed by atoms with Crippen molar-refractivity contribution < 1.29 is 4.79 Å². The Morgan fingerprint density at radius 2 is 2.14 bits per heavy atom. The van der Waals surface area contributed by atoms with E-state index < -0.39 is 0 Å². The van der Waals surface area contributed by atoms with E-state index in [1.807, 2.05) is 36.4 Å². The first-order chi connectivity index (χ1) is 6.79. The van der Waals surface area contributed by atoms with Gasteiger partial charge in [0.25, 0.3) is 0 Å². The molecule has 2 N–H and O–H groups in total. The van der Waals surface area contributed by atoms with Gasteiger partial charge in [0.05, 0.1) is 0 Å². The predicted molar refractivity (Wildman–Crippen MR) is 56.8 cm³/mol. The third kappa shape index (κ3) is 1.46. The van der Waals surface area contributed by atoms with E-state index in [1.165, 1.54) is 0 Å². The van der Waals surface area contributed by atoms with E-state index in [1.54, 1.807) is 6.07 Å². The molecule has 1 amide bonds. The lowest BCUT2D eigenvalue weighted by molar-refractivity contribution is 0.0999. The van der Waals surface area contributed by atoms with Crippen molar-refractivity contribution in [3.63, 3.8) is 0 Å². The molecule has 0 unspecified atom stereocenters. The van der Waals surface area contributed by atoms with Crippen LogP contribution in [0.4, 0.5) is 0 Å². The largest absolute Gasteiger partial charge is 0.366 e. The molecule has 1 aliphatic rings. The molecular weight excluding hydrogens is 174 g/mol. The predicted octanol–water partition coefficient (Wildman–Crippen LogP) is 1.91. The molecule has 0 aliphatic heterocycles. The molecule has 1 aliphatic carbocycles. The second-order valence-corrected chi connectivity index (χ2v) is 3.23. The van der Waals surface area contributed by atoms with Gasteiger partial charge in [0, 0.05) is 5.56 Å². The number of hydrogen-bond donors (Lipinski definition) is 1. The second kappa shape index (κ2) is 3.50. The van der Waals surface area contributed by atoms with Crippen molar-refractivity contribution in [1.82, 2.24) is 0 Å². The van der Waals surface area contributed by atoms with Crippen molar-refractivity contribution in [1.29, 1.82) is 0 Å². The number of amides is 1. The number of allylic oxidation sites excluding steroid dienone is 3. The molecule has 0 saturated heterocycles. The zero-order valence-electron chi connectivity index (χ0n) is 7.73. The zero-order chi connectivity index (χ0) is 9.97. The zero-order valence-corrected chi connectivity index (χ0v) is 7.73. The number of benzene rings is 1. The van der Waals surface area contributed by atoms with Gasteiger partial charge >= 0.3 is 0 Å². The van der Waals surface area contributed by atoms with Crippen molar-refractivity contribution >= 4 is 12.0 Å². The molecule has 70 valence electrons. The topological polar surface area (TPSA) is 43.1 Å². The fraction of sp³-hybridized carbons (Fsp3) is 0.0833. The Morgan fingerprint density at radius 1 is 1.29 bits per heavy atom. The first-order valence-electron chi connectivity index (χ1n) is 4.54. The summed E-state index contributed by atoms with van der Waals surface area (Å²) in [5.74, 6) is -0.356. The van der Waals surface area contributed by atoms with Crippen molar-refractivity contribution in [3.05, 3.63) is 53.1 Å². The molecular formula is C12H11NO. The van der Waals surface area contributed by atoms with Crippen LogP contribution in [0.5, 0.6) is 0 Å². The fourth-order valence-corrected chi connectivity index (χ4v) is 1.64. The lowest BCUT2D eigenvalue weighted by Crippen LogP contribution is -2.14. The van der Waals surface area contributed by atoms with Crippen LogP contribution in [0.3, 0.4) is 0 Å². The molecule has 1 aromatic carbocycles. The van der Waals surface area contributed by atoms with Gasteiger partial charge in [0.1, 0.15) is 0 Å². The van der Waals surface area contributed by atoms with Crippen LogP contribution in [0.2, 0.25) is 0 Å². The first kappa shape index (κ1) is 8.75. The second-order valence-electron chi connectivity index (χ2n) is 3.23. The van der Waals surface area contributed by atoms with Crippen LogP contribution in [-0.2, 0) is 6.42 Å². The average molecular weight is 185 g/mol. The highest BCUT2D eigenvalue weighted by atomic mass is 16.1. The van der Waals surface area contributed by atoms with Gasteiger partial charge in [-0.05, 0) is 23.6 Å². The number of carbonyl (C=O) groups excluding carboxylic acids is 1. The minimum absolute atomic E-state index is 0.356. The smallest absolute Gasteiger partial charge is 0.249 e. The van der Waals surface area contributed by atoms with E-state index in [-0.39, 0.29) is 5.91 Å². The molecule has 2 nitrogen and oxygen atoms in total. The molecule has 0 radical (unpaired) electrons. The van der Waals surface area contributed by atoms with Crippen molar-refractivity contribution in [2.75, 3.05) is 0 Å². The molecule has 14 heavy (non-hydrogen) atoms. The van der Waals surface area contributed by atoms with Crippen LogP contribution in [0.25, 0.3) is 6.08 Å². The van der Waals surface area contributed by atoms with E-state index in [0.717, 1.165) is 17.5 Å². The van der Waals surface area contributed by atoms with Gasteiger partial charge in [-0.1, -0.05) is 36.4 Å². The molecule has 0 heterocycles. The summed E-state index contributed by atoms with van der Waals surface area (Å²) in [6.45, 7) is 0. The SMILES string of the molecule is NC(=O)c1cccc2c1CC=CC=C2. The lowest BCUT2D eigenvalue weighted by Gasteiger charge is -2.07. The summed E-state index contributed by atoms with van der Waals surface area (Å²) in [4.78, 5) is 11.2. The average Bonchev–Trinajstić information content (AvgIpc) is 2.41. The summed E-state index contributed by atoms with van der Waals surface area (Å²) in [6, 6.07) is 5.62. The summed E-state index contributed by atoms with van der Waals surface area (Å²) in [7, 11) is 0. The highest BCUT2D eigenvalue weighted by molar-refractivity contribution is 5.95. The maximum Gasteiger partial charge on any atom is 0.249 e. The summed E-state index contributed by atoms with van der Waals surface area (Å²) in [5.41, 5.74) is 8.02. The summed E-state index contributed by atoms with van der Waals surface area (Å²) in [5, 5.41) is 0. The molecule has 0 atom stereocenters. The highest BCUT2D eigenvalue weighted by Crippen LogP contribution is 2.19. The Hall–Kier alpha value is -1.83. The van der Waals surface area contributed by atoms with Gasteiger partial charge in [0.15, 0.2) is 0 Å². The Balaban J connectivity index is 2.61. The van der Waals surface area contributed by atoms with Crippen LogP contribution in [0, 0.1) is 0 Å². The number of primary amides is 1. The highest BCUT2D eigenvalue weighted by Gasteiger charge is 2.10. The van der Waals surface area contributed by atoms with Gasteiger partial charge in [-0.15, -0.1) is 0 Å². The minimum Gasteiger partial charge on any atom is -0.366 e. The van der Waals surface area contributed by atoms with Crippen LogP contribution >= 0.6 is 0 Å². The Labute approximate surface area is 82.7 Å². The first-order valence-corrected chi connectivity index (χ1v) is 4.54. The van der Waals surface area contributed by atoms with E-state index >= 15 is 0 Å². The van der Waals surface area contributed by atoms with Crippen molar-refractivity contribution in [3.8, 4) is 0 Å². The third-order valence-electron chi connectivity index (χ3n) is 2.32. The summed E-state index contributed by atoms with van der Waals surface area (Å²) < 4.78 is 0. The summed E-state index contributed by atoms with van der Waals surface area (Å²) >= 11 is 0. The normalized spacial score (nSPS) is 13.4. The van der Waals surface area contributed by atoms with Crippen LogP contribution < -0.4 is 5.73 Å². The molecule has 1 aromatic rings. The van der Waals surface area contributed by atoms with Crippen LogP contribution in [0.1, 0.15) is 21.5 Å². The maximum absolute atomic E-state index is 11.2. The van der Waals surface area contributed by atoms with E-state index in [0.29, 0.717) is 5.56 Å². The molecule has 0 spiro atoms. The molecule has 2 heteroatoms. The van der Waals surface area contributed by atoms with E-state index in [4.69, 9.17) is 5.73 Å². The summed E-state index contributed by atoms with van der Waals surface area (Å²) in [6.07, 6.45) is 8.73. The van der Waals surface area contributed by atoms with E-state index in [2.05, 4.69) is 0 Å². The maximum atomic E-state index is 11.2. The Kier molecular flexibility index (Phi) is 2.19. The van der Waals surface area contributed by atoms with Crippen molar-refractivity contribution in [2.24, 2.45) is 5.73 Å². The number of rotatable bonds is 1. The molecule has 0 bridgehead atoms. The van der Waals surface area contributed by atoms with E-state index in [9.17, 15) is 4.79 Å². The van der Waals surface area contributed by atoms with Crippen LogP contribution in [0.15, 0.2) is 36.4 Å². The quantitative estimate of drug-likeness (QED) is 0.713. The Bertz CT molecular complexity index is 430. The lowest BCUT2D eigenvalue weighted by atomic mass is 9.98. The standard InChI is InChI=1S/C12H11NO/c13-12(14)11-8-4-6-9-5-2-1-3-7-10(9)11/h1-6,8H,7H2,(H2,13,14). The van der Waals surface area contributed by atoms with Gasteiger partial charge < -0.3 is 5.73 Å². The number of fused-ring (bicyclic) bond motifs is 1. The third-order valence-corrected chi connectivity index (χ3v) is 2.32. The molecule has 0 aromatic heterocycles. The number of carbonyl (C=O) groups is 1. The molecule has 2 rings (SSSR count). The van der Waals surface area contributed by atoms with Gasteiger partial charge in [-0.2, -0.15) is 0 Å². The number of nitrogens with two attached hydrogens (primary N) is 1.